The van der Waals surface area contributed by atoms with Crippen LogP contribution >= 0.6 is 0 Å². The molecule has 66 heavy (non-hydrogen) atoms. The lowest BCUT2D eigenvalue weighted by Crippen LogP contribution is -2.61. The Labute approximate surface area is 389 Å². The molecule has 9 aromatic rings. The van der Waals surface area contributed by atoms with Gasteiger partial charge in [0.25, 0.3) is 6.71 Å². The summed E-state index contributed by atoms with van der Waals surface area (Å²) in [6, 6.07) is 78.0. The molecule has 0 spiro atoms. The number of nitrogens with zero attached hydrogens (tertiary/aromatic N) is 2. The summed E-state index contributed by atoms with van der Waals surface area (Å²) in [5.74, 6) is 0.527. The third kappa shape index (κ3) is 6.17. The molecule has 2 nitrogen and oxygen atoms in total. The topological polar surface area (TPSA) is 6.48 Å². The summed E-state index contributed by atoms with van der Waals surface area (Å²) in [7, 11) is 0. The van der Waals surface area contributed by atoms with Crippen LogP contribution in [0.1, 0.15) is 68.6 Å². The van der Waals surface area contributed by atoms with Crippen LogP contribution in [0.5, 0.6) is 0 Å². The molecule has 316 valence electrons. The van der Waals surface area contributed by atoms with Gasteiger partial charge in [-0.3, -0.25) is 0 Å². The Kier molecular flexibility index (Phi) is 9.10. The van der Waals surface area contributed by atoms with Crippen molar-refractivity contribution < 1.29 is 0 Å². The van der Waals surface area contributed by atoms with Crippen LogP contribution in [-0.2, 0) is 5.41 Å². The molecule has 0 amide bonds. The van der Waals surface area contributed by atoms with Crippen molar-refractivity contribution in [2.75, 3.05) is 9.80 Å². The molecule has 0 N–H and O–H groups in total. The fourth-order valence-corrected chi connectivity index (χ4v) is 12.1. The molecule has 9 aromatic carbocycles. The Morgan fingerprint density at radius 3 is 1.47 bits per heavy atom. The smallest absolute Gasteiger partial charge is 0.252 e. The van der Waals surface area contributed by atoms with Gasteiger partial charge in [-0.05, 0) is 151 Å². The molecule has 0 bridgehead atoms. The van der Waals surface area contributed by atoms with Crippen LogP contribution in [0.15, 0.2) is 206 Å². The summed E-state index contributed by atoms with van der Waals surface area (Å²) in [5, 5.41) is 0. The largest absolute Gasteiger partial charge is 0.311 e. The van der Waals surface area contributed by atoms with Crippen LogP contribution in [0.3, 0.4) is 0 Å². The Morgan fingerprint density at radius 2 is 0.864 bits per heavy atom. The van der Waals surface area contributed by atoms with Gasteiger partial charge in [-0.2, -0.15) is 0 Å². The number of rotatable bonds is 6. The van der Waals surface area contributed by atoms with E-state index < -0.39 is 0 Å². The van der Waals surface area contributed by atoms with E-state index in [4.69, 9.17) is 0 Å². The van der Waals surface area contributed by atoms with Gasteiger partial charge >= 0.3 is 0 Å². The van der Waals surface area contributed by atoms with Gasteiger partial charge in [-0.15, -0.1) is 0 Å². The zero-order chi connectivity index (χ0) is 43.9. The fourth-order valence-electron chi connectivity index (χ4n) is 12.1. The highest BCUT2D eigenvalue weighted by atomic mass is 15.2. The van der Waals surface area contributed by atoms with Gasteiger partial charge in [0.05, 0.1) is 0 Å². The van der Waals surface area contributed by atoms with Crippen LogP contribution in [0, 0.1) is 0 Å². The van der Waals surface area contributed by atoms with Gasteiger partial charge in [0.15, 0.2) is 0 Å². The quantitative estimate of drug-likeness (QED) is 0.154. The molecule has 0 aromatic heterocycles. The van der Waals surface area contributed by atoms with Crippen molar-refractivity contribution >= 4 is 57.2 Å². The van der Waals surface area contributed by atoms with Crippen LogP contribution in [0.4, 0.5) is 34.1 Å². The molecule has 3 heteroatoms. The Bertz CT molecular complexity index is 3310. The number of fused-ring (bicyclic) bond motifs is 7. The van der Waals surface area contributed by atoms with Gasteiger partial charge in [0.2, 0.25) is 0 Å². The second kappa shape index (κ2) is 15.4. The number of benzene rings is 9. The first-order valence-electron chi connectivity index (χ1n) is 24.1. The maximum absolute atomic E-state index is 2.60. The van der Waals surface area contributed by atoms with E-state index in [9.17, 15) is 0 Å². The van der Waals surface area contributed by atoms with E-state index in [-0.39, 0.29) is 12.1 Å². The zero-order valence-electron chi connectivity index (χ0n) is 37.7. The second-order valence-electron chi connectivity index (χ2n) is 19.5. The average molecular weight is 847 g/mol. The van der Waals surface area contributed by atoms with Crippen molar-refractivity contribution in [1.29, 1.82) is 0 Å². The van der Waals surface area contributed by atoms with Gasteiger partial charge in [-0.1, -0.05) is 185 Å². The summed E-state index contributed by atoms with van der Waals surface area (Å²) in [4.78, 5) is 5.18. The van der Waals surface area contributed by atoms with E-state index in [0.29, 0.717) is 5.92 Å². The number of hydrogen-bond acceptors (Lipinski definition) is 2. The third-order valence-corrected chi connectivity index (χ3v) is 15.4. The minimum atomic E-state index is -0.0505. The Balaban J connectivity index is 1.04. The summed E-state index contributed by atoms with van der Waals surface area (Å²) in [5.41, 5.74) is 25.9. The summed E-state index contributed by atoms with van der Waals surface area (Å²) < 4.78 is 0. The standard InChI is InChI=1S/C63H51BN2/c1-63(2)54-26-16-15-25-52(54)53-34-29-46(37-55(53)63)45-27-32-51(33-28-45)66-59-36-31-48(43-19-9-4-10-20-43)39-57(59)64-56-38-47(42-17-7-3-8-18-42)30-35-58(56)65(50-23-13-6-14-24-50)60-40-49(41-61(66)62(60)64)44-21-11-5-12-22-44/h3-4,6-10,13-20,23-41,44H,5,11-12,21-22H2,1-2H3. The maximum Gasteiger partial charge on any atom is 0.252 e. The van der Waals surface area contributed by atoms with Crippen LogP contribution in [0.25, 0.3) is 44.5 Å². The van der Waals surface area contributed by atoms with Gasteiger partial charge in [0, 0.05) is 39.5 Å². The highest BCUT2D eigenvalue weighted by Crippen LogP contribution is 2.51. The van der Waals surface area contributed by atoms with Crippen molar-refractivity contribution in [1.82, 2.24) is 0 Å². The van der Waals surface area contributed by atoms with E-state index in [0.717, 1.165) is 0 Å². The highest BCUT2D eigenvalue weighted by molar-refractivity contribution is 7.00. The lowest BCUT2D eigenvalue weighted by Gasteiger charge is -2.45. The maximum atomic E-state index is 2.60. The molecule has 2 aliphatic heterocycles. The first-order valence-corrected chi connectivity index (χ1v) is 24.1. The summed E-state index contributed by atoms with van der Waals surface area (Å²) >= 11 is 0. The normalized spacial score (nSPS) is 15.4. The lowest BCUT2D eigenvalue weighted by atomic mass is 9.33. The molecule has 4 aliphatic rings. The number of hydrogen-bond donors (Lipinski definition) is 0. The van der Waals surface area contributed by atoms with E-state index in [1.165, 1.54) is 144 Å². The predicted molar refractivity (Wildman–Crippen MR) is 280 cm³/mol. The van der Waals surface area contributed by atoms with E-state index in [2.05, 4.69) is 230 Å². The molecule has 1 saturated carbocycles. The second-order valence-corrected chi connectivity index (χ2v) is 19.5. The van der Waals surface area contributed by atoms with Crippen LogP contribution < -0.4 is 26.2 Å². The molecule has 2 aliphatic carbocycles. The summed E-state index contributed by atoms with van der Waals surface area (Å²) in [6.07, 6.45) is 6.37. The molecule has 13 rings (SSSR count). The van der Waals surface area contributed by atoms with Crippen LogP contribution in [-0.4, -0.2) is 6.71 Å². The molecule has 2 heterocycles. The molecule has 0 unspecified atom stereocenters. The first kappa shape index (κ1) is 39.0. The van der Waals surface area contributed by atoms with Crippen molar-refractivity contribution in [2.24, 2.45) is 0 Å². The lowest BCUT2D eigenvalue weighted by molar-refractivity contribution is 0.444. The predicted octanol–water partition coefficient (Wildman–Crippen LogP) is 15.1. The molecular weight excluding hydrogens is 796 g/mol. The highest BCUT2D eigenvalue weighted by Gasteiger charge is 2.44. The van der Waals surface area contributed by atoms with Gasteiger partial charge in [-0.25, -0.2) is 0 Å². The number of para-hydroxylation sites is 1. The third-order valence-electron chi connectivity index (χ3n) is 15.4. The Morgan fingerprint density at radius 1 is 0.394 bits per heavy atom. The van der Waals surface area contributed by atoms with E-state index in [1.54, 1.807) is 0 Å². The average Bonchev–Trinajstić information content (AvgIpc) is 3.62. The Hall–Kier alpha value is -7.36. The fraction of sp³-hybridized carbons (Fsp3) is 0.143. The monoisotopic (exact) mass is 846 g/mol. The molecular formula is C63H51BN2. The van der Waals surface area contributed by atoms with Crippen LogP contribution in [0.2, 0.25) is 0 Å². The van der Waals surface area contributed by atoms with Crippen molar-refractivity contribution in [3.8, 4) is 44.5 Å². The molecule has 0 saturated heterocycles. The van der Waals surface area contributed by atoms with Gasteiger partial charge in [0.1, 0.15) is 0 Å². The first-order chi connectivity index (χ1) is 32.5. The SMILES string of the molecule is CC1(C)c2ccccc2-c2ccc(-c3ccc(N4c5ccc(-c6ccccc6)cc5B5c6cc(-c7ccccc7)ccc6N(c6ccccc6)c6cc(C7CCCCC7)cc4c65)cc3)cc21. The van der Waals surface area contributed by atoms with E-state index >= 15 is 0 Å². The minimum absolute atomic E-state index is 0.0158. The zero-order valence-corrected chi connectivity index (χ0v) is 37.7. The molecule has 1 fully saturated rings. The summed E-state index contributed by atoms with van der Waals surface area (Å²) in [6.45, 7) is 4.76. The number of anilines is 6. The minimum Gasteiger partial charge on any atom is -0.311 e. The molecule has 0 radical (unpaired) electrons. The van der Waals surface area contributed by atoms with Gasteiger partial charge < -0.3 is 9.80 Å². The van der Waals surface area contributed by atoms with E-state index in [1.807, 2.05) is 0 Å². The van der Waals surface area contributed by atoms with Crippen molar-refractivity contribution in [2.45, 2.75) is 57.3 Å². The van der Waals surface area contributed by atoms with Crippen molar-refractivity contribution in [3.63, 3.8) is 0 Å². The van der Waals surface area contributed by atoms with Crippen molar-refractivity contribution in [3.05, 3.63) is 223 Å². The molecule has 0 atom stereocenters.